The molecule has 118 valence electrons. The van der Waals surface area contributed by atoms with Crippen LogP contribution in [0.15, 0.2) is 67.0 Å². The van der Waals surface area contributed by atoms with Crippen LogP contribution < -0.4 is 4.74 Å². The highest BCUT2D eigenvalue weighted by molar-refractivity contribution is 5.78. The molecule has 0 saturated carbocycles. The Kier molecular flexibility index (Phi) is 3.85. The van der Waals surface area contributed by atoms with E-state index in [0.717, 1.165) is 27.9 Å². The maximum Gasteiger partial charge on any atom is 0.138 e. The first kappa shape index (κ1) is 14.3. The predicted octanol–water partition coefficient (Wildman–Crippen LogP) is 2.85. The molecular formula is C18H15N5O. The minimum absolute atomic E-state index is 0.442. The molecule has 4 rings (SSSR count). The molecule has 6 nitrogen and oxygen atoms in total. The highest BCUT2D eigenvalue weighted by Gasteiger charge is 2.01. The first-order chi connectivity index (χ1) is 11.9. The van der Waals surface area contributed by atoms with E-state index >= 15 is 0 Å². The summed E-state index contributed by atoms with van der Waals surface area (Å²) < 4.78 is 7.50. The van der Waals surface area contributed by atoms with Crippen molar-refractivity contribution in [2.24, 2.45) is 0 Å². The lowest BCUT2D eigenvalue weighted by Gasteiger charge is -2.08. The third kappa shape index (κ3) is 3.22. The first-order valence-corrected chi connectivity index (χ1v) is 7.64. The molecular weight excluding hydrogens is 302 g/mol. The van der Waals surface area contributed by atoms with E-state index in [1.54, 1.807) is 11.0 Å². The van der Waals surface area contributed by atoms with Crippen LogP contribution in [0.4, 0.5) is 0 Å². The maximum atomic E-state index is 5.82. The minimum Gasteiger partial charge on any atom is -0.487 e. The number of ether oxygens (including phenoxy) is 1. The normalized spacial score (nSPS) is 10.8. The third-order valence-corrected chi connectivity index (χ3v) is 3.70. The second-order valence-electron chi connectivity index (χ2n) is 5.44. The number of aromatic nitrogens is 5. The van der Waals surface area contributed by atoms with Gasteiger partial charge in [0, 0.05) is 5.39 Å². The molecule has 0 N–H and O–H groups in total. The van der Waals surface area contributed by atoms with Crippen molar-refractivity contribution in [3.05, 3.63) is 78.2 Å². The van der Waals surface area contributed by atoms with E-state index < -0.39 is 0 Å². The third-order valence-electron chi connectivity index (χ3n) is 3.70. The van der Waals surface area contributed by atoms with Gasteiger partial charge in [0.15, 0.2) is 0 Å². The topological polar surface area (TPSA) is 65.7 Å². The zero-order valence-corrected chi connectivity index (χ0v) is 12.9. The van der Waals surface area contributed by atoms with Gasteiger partial charge in [-0.05, 0) is 40.3 Å². The van der Waals surface area contributed by atoms with E-state index in [0.29, 0.717) is 13.2 Å². The van der Waals surface area contributed by atoms with Crippen LogP contribution in [0.2, 0.25) is 0 Å². The average molecular weight is 317 g/mol. The van der Waals surface area contributed by atoms with Crippen LogP contribution in [-0.2, 0) is 13.2 Å². The van der Waals surface area contributed by atoms with E-state index in [9.17, 15) is 0 Å². The molecule has 0 unspecified atom stereocenters. The number of hydrogen-bond acceptors (Lipinski definition) is 5. The largest absolute Gasteiger partial charge is 0.487 e. The molecule has 2 heterocycles. The summed E-state index contributed by atoms with van der Waals surface area (Å²) in [7, 11) is 0. The van der Waals surface area contributed by atoms with Crippen LogP contribution in [-0.4, -0.2) is 25.2 Å². The maximum absolute atomic E-state index is 5.82. The van der Waals surface area contributed by atoms with Crippen molar-refractivity contribution in [1.82, 2.24) is 25.2 Å². The fourth-order valence-corrected chi connectivity index (χ4v) is 2.48. The summed E-state index contributed by atoms with van der Waals surface area (Å²) in [5.74, 6) is 0.811. The lowest BCUT2D eigenvalue weighted by atomic mass is 10.2. The molecule has 24 heavy (non-hydrogen) atoms. The smallest absolute Gasteiger partial charge is 0.138 e. The number of para-hydroxylation sites is 1. The SMILES string of the molecule is c1ccc2nc(COc3ccc(Cn4cnnn4)cc3)ccc2c1. The molecule has 0 fully saturated rings. The Hall–Kier alpha value is -3.28. The summed E-state index contributed by atoms with van der Waals surface area (Å²) >= 11 is 0. The molecule has 2 aromatic carbocycles. The quantitative estimate of drug-likeness (QED) is 0.566. The fourth-order valence-electron chi connectivity index (χ4n) is 2.48. The molecule has 0 aliphatic carbocycles. The molecule has 0 amide bonds. The number of nitrogens with zero attached hydrogens (tertiary/aromatic N) is 5. The van der Waals surface area contributed by atoms with Crippen molar-refractivity contribution in [3.63, 3.8) is 0 Å². The van der Waals surface area contributed by atoms with E-state index in [1.165, 1.54) is 0 Å². The Bertz CT molecular complexity index is 935. The van der Waals surface area contributed by atoms with Crippen LogP contribution in [0.3, 0.4) is 0 Å². The summed E-state index contributed by atoms with van der Waals surface area (Å²) in [5.41, 5.74) is 3.00. The molecule has 4 aromatic rings. The van der Waals surface area contributed by atoms with Crippen LogP contribution in [0.25, 0.3) is 10.9 Å². The molecule has 6 heteroatoms. The highest BCUT2D eigenvalue weighted by atomic mass is 16.5. The predicted molar refractivity (Wildman–Crippen MR) is 89.4 cm³/mol. The van der Waals surface area contributed by atoms with Gasteiger partial charge in [-0.15, -0.1) is 5.10 Å². The number of tetrazole rings is 1. The Balaban J connectivity index is 1.41. The number of pyridine rings is 1. The van der Waals surface area contributed by atoms with Gasteiger partial charge in [-0.25, -0.2) is 9.67 Å². The van der Waals surface area contributed by atoms with Crippen molar-refractivity contribution in [1.29, 1.82) is 0 Å². The van der Waals surface area contributed by atoms with Gasteiger partial charge < -0.3 is 4.74 Å². The van der Waals surface area contributed by atoms with Crippen molar-refractivity contribution in [2.45, 2.75) is 13.2 Å². The summed E-state index contributed by atoms with van der Waals surface area (Å²) in [6, 6.07) is 20.0. The molecule has 0 aliphatic heterocycles. The van der Waals surface area contributed by atoms with E-state index in [2.05, 4.69) is 32.6 Å². The number of hydrogen-bond donors (Lipinski definition) is 0. The van der Waals surface area contributed by atoms with Gasteiger partial charge in [-0.2, -0.15) is 0 Å². The van der Waals surface area contributed by atoms with Gasteiger partial charge in [0.25, 0.3) is 0 Å². The van der Waals surface area contributed by atoms with Crippen LogP contribution in [0, 0.1) is 0 Å². The molecule has 0 bridgehead atoms. The van der Waals surface area contributed by atoms with Gasteiger partial charge in [0.05, 0.1) is 17.8 Å². The fraction of sp³-hybridized carbons (Fsp3) is 0.111. The second kappa shape index (κ2) is 6.45. The van der Waals surface area contributed by atoms with E-state index in [1.807, 2.05) is 48.5 Å². The zero-order chi connectivity index (χ0) is 16.2. The lowest BCUT2D eigenvalue weighted by molar-refractivity contribution is 0.301. The van der Waals surface area contributed by atoms with Crippen molar-refractivity contribution >= 4 is 10.9 Å². The van der Waals surface area contributed by atoms with Gasteiger partial charge in [-0.1, -0.05) is 36.4 Å². The number of rotatable bonds is 5. The average Bonchev–Trinajstić information content (AvgIpc) is 3.14. The standard InChI is InChI=1S/C18H15N5O/c1-2-4-18-15(3-1)7-8-16(20-18)12-24-17-9-5-14(6-10-17)11-23-13-19-21-22-23/h1-10,13H,11-12H2. The summed E-state index contributed by atoms with van der Waals surface area (Å²) in [6.45, 7) is 1.08. The molecule has 0 spiro atoms. The van der Waals surface area contributed by atoms with Gasteiger partial charge in [0.1, 0.15) is 18.7 Å². The molecule has 2 aromatic heterocycles. The van der Waals surface area contributed by atoms with Crippen LogP contribution in [0.5, 0.6) is 5.75 Å². The number of benzene rings is 2. The highest BCUT2D eigenvalue weighted by Crippen LogP contribution is 2.16. The van der Waals surface area contributed by atoms with Crippen molar-refractivity contribution in [3.8, 4) is 5.75 Å². The minimum atomic E-state index is 0.442. The Morgan fingerprint density at radius 1 is 0.917 bits per heavy atom. The summed E-state index contributed by atoms with van der Waals surface area (Å²) in [5, 5.41) is 12.2. The van der Waals surface area contributed by atoms with Crippen LogP contribution >= 0.6 is 0 Å². The van der Waals surface area contributed by atoms with Crippen LogP contribution in [0.1, 0.15) is 11.3 Å². The zero-order valence-electron chi connectivity index (χ0n) is 12.9. The first-order valence-electron chi connectivity index (χ1n) is 7.64. The van der Waals surface area contributed by atoms with Crippen molar-refractivity contribution < 1.29 is 4.74 Å². The van der Waals surface area contributed by atoms with E-state index in [-0.39, 0.29) is 0 Å². The molecule has 0 saturated heterocycles. The Labute approximate surface area is 138 Å². The Morgan fingerprint density at radius 2 is 1.79 bits per heavy atom. The lowest BCUT2D eigenvalue weighted by Crippen LogP contribution is -2.01. The number of fused-ring (bicyclic) bond motifs is 1. The van der Waals surface area contributed by atoms with Gasteiger partial charge >= 0.3 is 0 Å². The molecule has 0 radical (unpaired) electrons. The Morgan fingerprint density at radius 3 is 2.62 bits per heavy atom. The molecule has 0 aliphatic rings. The monoisotopic (exact) mass is 317 g/mol. The summed E-state index contributed by atoms with van der Waals surface area (Å²) in [4.78, 5) is 4.61. The summed E-state index contributed by atoms with van der Waals surface area (Å²) in [6.07, 6.45) is 1.59. The van der Waals surface area contributed by atoms with Gasteiger partial charge in [0.2, 0.25) is 0 Å². The second-order valence-corrected chi connectivity index (χ2v) is 5.44. The van der Waals surface area contributed by atoms with Crippen molar-refractivity contribution in [2.75, 3.05) is 0 Å². The van der Waals surface area contributed by atoms with E-state index in [4.69, 9.17) is 4.74 Å². The van der Waals surface area contributed by atoms with Gasteiger partial charge in [-0.3, -0.25) is 0 Å². The molecule has 0 atom stereocenters.